The first-order chi connectivity index (χ1) is 10.2. The molecule has 0 aliphatic carbocycles. The van der Waals surface area contributed by atoms with Crippen molar-refractivity contribution in [3.63, 3.8) is 0 Å². The second-order valence-corrected chi connectivity index (χ2v) is 6.12. The van der Waals surface area contributed by atoms with Crippen LogP contribution >= 0.6 is 15.9 Å². The van der Waals surface area contributed by atoms with E-state index in [1.807, 2.05) is 18.3 Å². The third-order valence-corrected chi connectivity index (χ3v) is 4.26. The quantitative estimate of drug-likeness (QED) is 0.724. The molecular formula is C17H16BrFN2. The van der Waals surface area contributed by atoms with Crippen LogP contribution in [-0.2, 0) is 6.42 Å². The number of halogens is 2. The Labute approximate surface area is 131 Å². The summed E-state index contributed by atoms with van der Waals surface area (Å²) in [6.07, 6.45) is 2.78. The molecule has 2 aromatic carbocycles. The first-order valence-electron chi connectivity index (χ1n) is 6.88. The van der Waals surface area contributed by atoms with Crippen molar-refractivity contribution in [3.8, 4) is 0 Å². The molecule has 0 aliphatic rings. The second kappa shape index (κ2) is 6.00. The van der Waals surface area contributed by atoms with Crippen LogP contribution in [0.25, 0.3) is 10.9 Å². The Kier molecular flexibility index (Phi) is 4.08. The summed E-state index contributed by atoms with van der Waals surface area (Å²) in [6.45, 7) is 0.524. The van der Waals surface area contributed by atoms with E-state index in [1.54, 1.807) is 12.1 Å². The number of nitrogens with one attached hydrogen (secondary N) is 1. The van der Waals surface area contributed by atoms with E-state index in [1.165, 1.54) is 11.6 Å². The monoisotopic (exact) mass is 346 g/mol. The van der Waals surface area contributed by atoms with Gasteiger partial charge in [-0.15, -0.1) is 0 Å². The Hall–Kier alpha value is -1.65. The van der Waals surface area contributed by atoms with Crippen LogP contribution in [0.5, 0.6) is 0 Å². The Morgan fingerprint density at radius 1 is 1.19 bits per heavy atom. The van der Waals surface area contributed by atoms with Gasteiger partial charge in [-0.3, -0.25) is 0 Å². The number of hydrogen-bond donors (Lipinski definition) is 2. The summed E-state index contributed by atoms with van der Waals surface area (Å²) < 4.78 is 14.5. The Morgan fingerprint density at radius 2 is 2.05 bits per heavy atom. The van der Waals surface area contributed by atoms with Crippen LogP contribution in [0, 0.1) is 5.82 Å². The summed E-state index contributed by atoms with van der Waals surface area (Å²) in [4.78, 5) is 3.20. The van der Waals surface area contributed by atoms with Gasteiger partial charge in [0.25, 0.3) is 0 Å². The maximum atomic E-state index is 13.5. The summed E-state index contributed by atoms with van der Waals surface area (Å²) >= 11 is 3.49. The second-order valence-electron chi connectivity index (χ2n) is 5.20. The lowest BCUT2D eigenvalue weighted by Crippen LogP contribution is -2.14. The summed E-state index contributed by atoms with van der Waals surface area (Å²) in [5.41, 5.74) is 9.19. The molecule has 1 heterocycles. The summed E-state index contributed by atoms with van der Waals surface area (Å²) in [7, 11) is 0. The van der Waals surface area contributed by atoms with Gasteiger partial charge in [0.2, 0.25) is 0 Å². The fourth-order valence-corrected chi connectivity index (χ4v) is 3.17. The van der Waals surface area contributed by atoms with Crippen LogP contribution < -0.4 is 5.73 Å². The van der Waals surface area contributed by atoms with Gasteiger partial charge in [-0.25, -0.2) is 4.39 Å². The lowest BCUT2D eigenvalue weighted by Gasteiger charge is -2.14. The number of aromatic amines is 1. The molecule has 0 saturated carbocycles. The third kappa shape index (κ3) is 3.01. The van der Waals surface area contributed by atoms with Crippen molar-refractivity contribution in [3.05, 3.63) is 70.1 Å². The zero-order chi connectivity index (χ0) is 14.8. The van der Waals surface area contributed by atoms with Crippen molar-refractivity contribution in [2.75, 3.05) is 6.54 Å². The average Bonchev–Trinajstić information content (AvgIpc) is 2.88. The molecule has 0 amide bonds. The number of benzene rings is 2. The molecule has 0 aliphatic heterocycles. The van der Waals surface area contributed by atoms with Crippen molar-refractivity contribution >= 4 is 26.8 Å². The molecule has 3 rings (SSSR count). The molecule has 4 heteroatoms. The van der Waals surface area contributed by atoms with Crippen molar-refractivity contribution in [1.82, 2.24) is 4.98 Å². The first-order valence-corrected chi connectivity index (χ1v) is 7.67. The molecule has 0 fully saturated rings. The number of H-pyrrole nitrogens is 1. The minimum absolute atomic E-state index is 0.162. The highest BCUT2D eigenvalue weighted by molar-refractivity contribution is 9.10. The minimum atomic E-state index is -0.221. The maximum absolute atomic E-state index is 13.5. The third-order valence-electron chi connectivity index (χ3n) is 3.77. The van der Waals surface area contributed by atoms with E-state index >= 15 is 0 Å². The van der Waals surface area contributed by atoms with Crippen LogP contribution in [0.3, 0.4) is 0 Å². The highest BCUT2D eigenvalue weighted by Gasteiger charge is 2.16. The van der Waals surface area contributed by atoms with E-state index in [9.17, 15) is 4.39 Å². The minimum Gasteiger partial charge on any atom is -0.361 e. The van der Waals surface area contributed by atoms with Gasteiger partial charge in [0.1, 0.15) is 5.82 Å². The van der Waals surface area contributed by atoms with E-state index in [0.29, 0.717) is 6.54 Å². The van der Waals surface area contributed by atoms with E-state index < -0.39 is 0 Å². The molecule has 21 heavy (non-hydrogen) atoms. The zero-order valence-corrected chi connectivity index (χ0v) is 13.0. The molecule has 0 radical (unpaired) electrons. The number of fused-ring (bicyclic) bond motifs is 1. The first kappa shape index (κ1) is 14.3. The normalized spacial score (nSPS) is 12.7. The van der Waals surface area contributed by atoms with Gasteiger partial charge in [0.05, 0.1) is 0 Å². The number of rotatable bonds is 4. The maximum Gasteiger partial charge on any atom is 0.123 e. The van der Waals surface area contributed by atoms with Crippen LogP contribution in [0.4, 0.5) is 4.39 Å². The lowest BCUT2D eigenvalue weighted by atomic mass is 9.92. The predicted molar refractivity (Wildman–Crippen MR) is 87.9 cm³/mol. The smallest absolute Gasteiger partial charge is 0.123 e. The van der Waals surface area contributed by atoms with Crippen LogP contribution in [0.2, 0.25) is 0 Å². The van der Waals surface area contributed by atoms with Crippen molar-refractivity contribution in [1.29, 1.82) is 0 Å². The van der Waals surface area contributed by atoms with Gasteiger partial charge in [-0.05, 0) is 54.4 Å². The van der Waals surface area contributed by atoms with Crippen molar-refractivity contribution in [2.24, 2.45) is 5.73 Å². The van der Waals surface area contributed by atoms with Crippen molar-refractivity contribution < 1.29 is 4.39 Å². The van der Waals surface area contributed by atoms with Gasteiger partial charge in [-0.2, -0.15) is 0 Å². The van der Waals surface area contributed by atoms with Crippen LogP contribution in [-0.4, -0.2) is 11.5 Å². The molecule has 2 nitrogen and oxygen atoms in total. The van der Waals surface area contributed by atoms with Gasteiger partial charge in [0, 0.05) is 27.5 Å². The summed E-state index contributed by atoms with van der Waals surface area (Å²) in [6, 6.07) is 13.0. The largest absolute Gasteiger partial charge is 0.361 e. The number of hydrogen-bond acceptors (Lipinski definition) is 1. The van der Waals surface area contributed by atoms with Gasteiger partial charge in [-0.1, -0.05) is 28.1 Å². The number of aromatic nitrogens is 1. The Bertz CT molecular complexity index is 766. The summed E-state index contributed by atoms with van der Waals surface area (Å²) in [5, 5.41) is 0.917. The standard InChI is InChI=1S/C17H16BrFN2/c18-13-3-1-2-11(7-13)6-12(9-20)16-10-21-17-5-4-14(19)8-15(16)17/h1-5,7-8,10,12,21H,6,9,20H2. The van der Waals surface area contributed by atoms with Gasteiger partial charge < -0.3 is 10.7 Å². The molecule has 0 spiro atoms. The molecule has 108 valence electrons. The average molecular weight is 347 g/mol. The molecule has 3 aromatic rings. The fourth-order valence-electron chi connectivity index (χ4n) is 2.72. The lowest BCUT2D eigenvalue weighted by molar-refractivity contribution is 0.629. The van der Waals surface area contributed by atoms with Gasteiger partial charge >= 0.3 is 0 Å². The van der Waals surface area contributed by atoms with Crippen LogP contribution in [0.15, 0.2) is 53.1 Å². The van der Waals surface area contributed by atoms with E-state index in [0.717, 1.165) is 27.4 Å². The summed E-state index contributed by atoms with van der Waals surface area (Å²) in [5.74, 6) is -0.0589. The fraction of sp³-hybridized carbons (Fsp3) is 0.176. The SMILES string of the molecule is NCC(Cc1cccc(Br)c1)c1c[nH]c2ccc(F)cc12. The van der Waals surface area contributed by atoms with E-state index in [4.69, 9.17) is 5.73 Å². The molecule has 1 atom stereocenters. The zero-order valence-electron chi connectivity index (χ0n) is 11.4. The Balaban J connectivity index is 1.96. The molecule has 0 bridgehead atoms. The highest BCUT2D eigenvalue weighted by atomic mass is 79.9. The molecule has 1 aromatic heterocycles. The van der Waals surface area contributed by atoms with Crippen molar-refractivity contribution in [2.45, 2.75) is 12.3 Å². The van der Waals surface area contributed by atoms with E-state index in [-0.39, 0.29) is 11.7 Å². The molecule has 0 saturated heterocycles. The molecular weight excluding hydrogens is 331 g/mol. The number of nitrogens with two attached hydrogens (primary N) is 1. The highest BCUT2D eigenvalue weighted by Crippen LogP contribution is 2.29. The Morgan fingerprint density at radius 3 is 2.81 bits per heavy atom. The topological polar surface area (TPSA) is 41.8 Å². The predicted octanol–water partition coefficient (Wildman–Crippen LogP) is 4.35. The van der Waals surface area contributed by atoms with E-state index in [2.05, 4.69) is 33.0 Å². The van der Waals surface area contributed by atoms with Gasteiger partial charge in [0.15, 0.2) is 0 Å². The molecule has 3 N–H and O–H groups in total. The molecule has 1 unspecified atom stereocenters. The van der Waals surface area contributed by atoms with Crippen LogP contribution in [0.1, 0.15) is 17.0 Å².